The molecule has 0 aromatic carbocycles. The molecule has 1 aromatic heterocycles. The molecule has 118 valence electrons. The second kappa shape index (κ2) is 7.45. The summed E-state index contributed by atoms with van der Waals surface area (Å²) in [6.07, 6.45) is 3.22. The molecule has 1 N–H and O–H groups in total. The van der Waals surface area contributed by atoms with Crippen LogP contribution in [0.25, 0.3) is 0 Å². The van der Waals surface area contributed by atoms with Crippen molar-refractivity contribution < 1.29 is 14.1 Å². The van der Waals surface area contributed by atoms with Crippen LogP contribution in [0.5, 0.6) is 5.88 Å². The quantitative estimate of drug-likeness (QED) is 0.863. The maximum Gasteiger partial charge on any atom is 0.254 e. The third-order valence-electron chi connectivity index (χ3n) is 3.48. The predicted octanol–water partition coefficient (Wildman–Crippen LogP) is 1.60. The highest BCUT2D eigenvalue weighted by Crippen LogP contribution is 2.14. The zero-order chi connectivity index (χ0) is 15.2. The molecule has 0 radical (unpaired) electrons. The molecule has 0 saturated carbocycles. The van der Waals surface area contributed by atoms with Crippen molar-refractivity contribution in [1.29, 1.82) is 0 Å². The second-order valence-electron chi connectivity index (χ2n) is 5.97. The lowest BCUT2D eigenvalue weighted by molar-refractivity contribution is -0.122. The molecule has 1 aliphatic heterocycles. The average molecular weight is 295 g/mol. The molecule has 0 spiro atoms. The lowest BCUT2D eigenvalue weighted by Gasteiger charge is -2.30. The molecule has 1 amide bonds. The first-order valence-electron chi connectivity index (χ1n) is 7.63. The molecule has 0 aliphatic carbocycles. The van der Waals surface area contributed by atoms with Gasteiger partial charge < -0.3 is 19.5 Å². The van der Waals surface area contributed by atoms with Gasteiger partial charge in [0.15, 0.2) is 0 Å². The van der Waals surface area contributed by atoms with Crippen molar-refractivity contribution >= 4 is 5.91 Å². The van der Waals surface area contributed by atoms with Gasteiger partial charge in [0.1, 0.15) is 5.76 Å². The molecule has 1 saturated heterocycles. The van der Waals surface area contributed by atoms with Crippen molar-refractivity contribution in [3.63, 3.8) is 0 Å². The normalized spacial score (nSPS) is 19.7. The number of nitrogens with zero attached hydrogens (tertiary/aromatic N) is 2. The number of ether oxygens (including phenoxy) is 1. The first kappa shape index (κ1) is 15.8. The Morgan fingerprint density at radius 2 is 2.43 bits per heavy atom. The molecule has 2 heterocycles. The van der Waals surface area contributed by atoms with Gasteiger partial charge in [-0.25, -0.2) is 0 Å². The van der Waals surface area contributed by atoms with Gasteiger partial charge in [0.05, 0.1) is 6.10 Å². The van der Waals surface area contributed by atoms with Crippen LogP contribution in [0.2, 0.25) is 0 Å². The zero-order valence-corrected chi connectivity index (χ0v) is 13.1. The smallest absolute Gasteiger partial charge is 0.254 e. The molecular weight excluding hydrogens is 270 g/mol. The van der Waals surface area contributed by atoms with E-state index in [1.165, 1.54) is 0 Å². The predicted molar refractivity (Wildman–Crippen MR) is 79.2 cm³/mol. The summed E-state index contributed by atoms with van der Waals surface area (Å²) in [7, 11) is 2.09. The van der Waals surface area contributed by atoms with Crippen molar-refractivity contribution in [2.75, 3.05) is 20.1 Å². The lowest BCUT2D eigenvalue weighted by atomic mass is 10.1. The summed E-state index contributed by atoms with van der Waals surface area (Å²) in [6.45, 7) is 5.91. The van der Waals surface area contributed by atoms with Gasteiger partial charge in [0, 0.05) is 31.5 Å². The number of aryl methyl sites for hydroxylation is 1. The van der Waals surface area contributed by atoms with E-state index in [1.54, 1.807) is 6.07 Å². The monoisotopic (exact) mass is 295 g/mol. The van der Waals surface area contributed by atoms with Crippen molar-refractivity contribution in [1.82, 2.24) is 15.4 Å². The Hall–Kier alpha value is -1.56. The number of carbonyl (C=O) groups excluding carboxylic acids is 1. The number of aromatic nitrogens is 1. The van der Waals surface area contributed by atoms with Crippen LogP contribution in [0.15, 0.2) is 10.6 Å². The maximum absolute atomic E-state index is 12.0. The van der Waals surface area contributed by atoms with Crippen LogP contribution in [0.3, 0.4) is 0 Å². The first-order valence-corrected chi connectivity index (χ1v) is 7.63. The van der Waals surface area contributed by atoms with Crippen molar-refractivity contribution in [2.24, 2.45) is 0 Å². The van der Waals surface area contributed by atoms with E-state index in [4.69, 9.17) is 9.26 Å². The van der Waals surface area contributed by atoms with Gasteiger partial charge in [0.2, 0.25) is 5.91 Å². The minimum Gasteiger partial charge on any atom is -0.473 e. The molecule has 0 bridgehead atoms. The van der Waals surface area contributed by atoms with Gasteiger partial charge in [0.25, 0.3) is 5.88 Å². The minimum atomic E-state index is 0.0644. The Morgan fingerprint density at radius 1 is 1.62 bits per heavy atom. The van der Waals surface area contributed by atoms with Crippen LogP contribution in [-0.4, -0.2) is 48.2 Å². The summed E-state index contributed by atoms with van der Waals surface area (Å²) in [5.74, 6) is 1.23. The highest BCUT2D eigenvalue weighted by molar-refractivity contribution is 5.76. The Labute approximate surface area is 125 Å². The van der Waals surface area contributed by atoms with E-state index in [0.29, 0.717) is 24.5 Å². The van der Waals surface area contributed by atoms with E-state index in [-0.39, 0.29) is 18.1 Å². The van der Waals surface area contributed by atoms with E-state index in [1.807, 2.05) is 13.8 Å². The number of carbonyl (C=O) groups is 1. The van der Waals surface area contributed by atoms with Crippen LogP contribution in [-0.2, 0) is 11.2 Å². The second-order valence-corrected chi connectivity index (χ2v) is 5.97. The molecular formula is C15H25N3O3. The maximum atomic E-state index is 12.0. The Bertz CT molecular complexity index is 459. The van der Waals surface area contributed by atoms with Crippen LogP contribution in [0.1, 0.15) is 38.9 Å². The van der Waals surface area contributed by atoms with Crippen LogP contribution in [0, 0.1) is 0 Å². The number of nitrogens with one attached hydrogen (secondary N) is 1. The van der Waals surface area contributed by atoms with Gasteiger partial charge in [-0.05, 0) is 45.4 Å². The SMILES string of the molecule is CC(C)Oc1cc(CCC(=O)N[C@@H]2CCCN(C)C2)on1. The Morgan fingerprint density at radius 3 is 3.14 bits per heavy atom. The molecule has 1 aromatic rings. The van der Waals surface area contributed by atoms with Gasteiger partial charge in [-0.1, -0.05) is 0 Å². The molecule has 2 rings (SSSR count). The third-order valence-corrected chi connectivity index (χ3v) is 3.48. The average Bonchev–Trinajstić information content (AvgIpc) is 2.83. The Kier molecular flexibility index (Phi) is 5.61. The van der Waals surface area contributed by atoms with E-state index >= 15 is 0 Å². The van der Waals surface area contributed by atoms with Crippen LogP contribution >= 0.6 is 0 Å². The largest absolute Gasteiger partial charge is 0.473 e. The summed E-state index contributed by atoms with van der Waals surface area (Å²) in [5, 5.41) is 6.91. The minimum absolute atomic E-state index is 0.0644. The van der Waals surface area contributed by atoms with E-state index in [2.05, 4.69) is 22.4 Å². The molecule has 6 heteroatoms. The molecule has 1 fully saturated rings. The summed E-state index contributed by atoms with van der Waals surface area (Å²) in [5.41, 5.74) is 0. The summed E-state index contributed by atoms with van der Waals surface area (Å²) in [6, 6.07) is 2.02. The Balaban J connectivity index is 1.72. The third kappa shape index (κ3) is 5.38. The summed E-state index contributed by atoms with van der Waals surface area (Å²) >= 11 is 0. The highest BCUT2D eigenvalue weighted by Gasteiger charge is 2.19. The molecule has 6 nitrogen and oxygen atoms in total. The highest BCUT2D eigenvalue weighted by atomic mass is 16.5. The summed E-state index contributed by atoms with van der Waals surface area (Å²) in [4.78, 5) is 14.2. The number of amides is 1. The fraction of sp³-hybridized carbons (Fsp3) is 0.733. The lowest BCUT2D eigenvalue weighted by Crippen LogP contribution is -2.46. The van der Waals surface area contributed by atoms with Gasteiger partial charge >= 0.3 is 0 Å². The molecule has 1 atom stereocenters. The fourth-order valence-corrected chi connectivity index (χ4v) is 2.53. The molecule has 21 heavy (non-hydrogen) atoms. The number of hydrogen-bond acceptors (Lipinski definition) is 5. The topological polar surface area (TPSA) is 67.6 Å². The summed E-state index contributed by atoms with van der Waals surface area (Å²) < 4.78 is 10.6. The van der Waals surface area contributed by atoms with E-state index < -0.39 is 0 Å². The molecule has 0 unspecified atom stereocenters. The number of piperidine rings is 1. The van der Waals surface area contributed by atoms with E-state index in [0.717, 1.165) is 25.9 Å². The van der Waals surface area contributed by atoms with Gasteiger partial charge in [-0.15, -0.1) is 0 Å². The van der Waals surface area contributed by atoms with Crippen molar-refractivity contribution in [3.05, 3.63) is 11.8 Å². The van der Waals surface area contributed by atoms with Gasteiger partial charge in [-0.2, -0.15) is 0 Å². The standard InChI is InChI=1S/C15H25N3O3/c1-11(2)20-15-9-13(21-17-15)6-7-14(19)16-12-5-4-8-18(3)10-12/h9,11-12H,4-8,10H2,1-3H3,(H,16,19)/t12-/m1/s1. The molecule has 1 aliphatic rings. The number of likely N-dealkylation sites (N-methyl/N-ethyl adjacent to an activating group) is 1. The van der Waals surface area contributed by atoms with Crippen LogP contribution in [0.4, 0.5) is 0 Å². The zero-order valence-electron chi connectivity index (χ0n) is 13.1. The van der Waals surface area contributed by atoms with Crippen molar-refractivity contribution in [2.45, 2.75) is 51.7 Å². The van der Waals surface area contributed by atoms with Crippen LogP contribution < -0.4 is 10.1 Å². The number of rotatable bonds is 6. The van der Waals surface area contributed by atoms with E-state index in [9.17, 15) is 4.79 Å². The number of hydrogen-bond donors (Lipinski definition) is 1. The van der Waals surface area contributed by atoms with Gasteiger partial charge in [-0.3, -0.25) is 4.79 Å². The fourth-order valence-electron chi connectivity index (χ4n) is 2.53. The first-order chi connectivity index (χ1) is 10.0. The number of likely N-dealkylation sites (tertiary alicyclic amines) is 1. The van der Waals surface area contributed by atoms with Crippen molar-refractivity contribution in [3.8, 4) is 5.88 Å².